The molecule has 0 aliphatic heterocycles. The largest absolute Gasteiger partial charge is 0.480 e. The van der Waals surface area contributed by atoms with E-state index in [1.54, 1.807) is 20.8 Å². The summed E-state index contributed by atoms with van der Waals surface area (Å²) in [5.41, 5.74) is -0.581. The number of hydrogen-bond acceptors (Lipinski definition) is 5. The van der Waals surface area contributed by atoms with E-state index in [4.69, 9.17) is 4.74 Å². The summed E-state index contributed by atoms with van der Waals surface area (Å²) >= 11 is 0. The van der Waals surface area contributed by atoms with Gasteiger partial charge in [-0.05, 0) is 72.1 Å². The molecule has 0 rings (SSSR count). The van der Waals surface area contributed by atoms with E-state index in [2.05, 4.69) is 35.0 Å². The normalized spacial score (nSPS) is 12.2. The van der Waals surface area contributed by atoms with Gasteiger partial charge < -0.3 is 25.8 Å². The van der Waals surface area contributed by atoms with Gasteiger partial charge in [-0.15, -0.1) is 0 Å². The zero-order valence-electron chi connectivity index (χ0n) is 25.7. The number of amides is 3. The van der Waals surface area contributed by atoms with Crippen LogP contribution in [0.4, 0.5) is 4.79 Å². The van der Waals surface area contributed by atoms with Crippen molar-refractivity contribution in [1.82, 2.24) is 16.0 Å². The van der Waals surface area contributed by atoms with Crippen LogP contribution in [0, 0.1) is 0 Å². The number of carbonyl (C=O) groups is 4. The number of hydrogen-bond donors (Lipinski definition) is 4. The SMILES string of the molecule is CCCCCCCC/C=C\CCCCCCCC(=O)NCC(=O)NC(CCCCNC(=O)OC(C)(C)C)C(=O)O. The first kappa shape index (κ1) is 37.4. The van der Waals surface area contributed by atoms with Crippen LogP contribution in [-0.2, 0) is 19.1 Å². The second-order valence-corrected chi connectivity index (χ2v) is 11.5. The summed E-state index contributed by atoms with van der Waals surface area (Å²) in [4.78, 5) is 47.2. The molecule has 0 aromatic rings. The van der Waals surface area contributed by atoms with Crippen molar-refractivity contribution in [2.45, 2.75) is 148 Å². The summed E-state index contributed by atoms with van der Waals surface area (Å²) in [6.07, 6.45) is 21.2. The summed E-state index contributed by atoms with van der Waals surface area (Å²) in [6, 6.07) is -1.05. The lowest BCUT2D eigenvalue weighted by Crippen LogP contribution is -2.45. The summed E-state index contributed by atoms with van der Waals surface area (Å²) in [5, 5.41) is 17.0. The van der Waals surface area contributed by atoms with E-state index in [1.807, 2.05) is 0 Å². The Morgan fingerprint density at radius 2 is 1.32 bits per heavy atom. The maximum atomic E-state index is 12.1. The van der Waals surface area contributed by atoms with Gasteiger partial charge in [0.05, 0.1) is 6.54 Å². The number of aliphatic carboxylic acids is 1. The molecular weight excluding hydrogens is 510 g/mol. The molecule has 0 fully saturated rings. The molecule has 0 aliphatic rings. The van der Waals surface area contributed by atoms with Gasteiger partial charge in [-0.25, -0.2) is 9.59 Å². The van der Waals surface area contributed by atoms with Gasteiger partial charge in [0.1, 0.15) is 11.6 Å². The zero-order chi connectivity index (χ0) is 30.1. The maximum Gasteiger partial charge on any atom is 0.407 e. The van der Waals surface area contributed by atoms with Crippen LogP contribution in [0.5, 0.6) is 0 Å². The highest BCUT2D eigenvalue weighted by molar-refractivity contribution is 5.87. The predicted molar refractivity (Wildman–Crippen MR) is 160 cm³/mol. The third-order valence-corrected chi connectivity index (χ3v) is 6.33. The van der Waals surface area contributed by atoms with Crippen LogP contribution in [0.25, 0.3) is 0 Å². The van der Waals surface area contributed by atoms with Gasteiger partial charge in [0.2, 0.25) is 11.8 Å². The molecular formula is C31H57N3O6. The van der Waals surface area contributed by atoms with Crippen molar-refractivity contribution in [2.24, 2.45) is 0 Å². The van der Waals surface area contributed by atoms with Gasteiger partial charge in [-0.3, -0.25) is 9.59 Å². The predicted octanol–water partition coefficient (Wildman–Crippen LogP) is 6.40. The second-order valence-electron chi connectivity index (χ2n) is 11.5. The van der Waals surface area contributed by atoms with Crippen LogP contribution in [0.2, 0.25) is 0 Å². The van der Waals surface area contributed by atoms with Crippen LogP contribution >= 0.6 is 0 Å². The number of carboxylic acids is 1. The number of unbranched alkanes of at least 4 members (excludes halogenated alkanes) is 12. The molecule has 3 amide bonds. The Balaban J connectivity index is 3.79. The molecule has 1 atom stereocenters. The lowest BCUT2D eigenvalue weighted by atomic mass is 10.1. The first-order chi connectivity index (χ1) is 19.0. The summed E-state index contributed by atoms with van der Waals surface area (Å²) in [7, 11) is 0. The summed E-state index contributed by atoms with van der Waals surface area (Å²) < 4.78 is 5.14. The van der Waals surface area contributed by atoms with Crippen LogP contribution in [-0.4, -0.2) is 53.7 Å². The van der Waals surface area contributed by atoms with Gasteiger partial charge >= 0.3 is 12.1 Å². The second kappa shape index (κ2) is 24.2. The number of rotatable bonds is 24. The molecule has 0 saturated carbocycles. The molecule has 0 bridgehead atoms. The highest BCUT2D eigenvalue weighted by Crippen LogP contribution is 2.10. The molecule has 0 saturated heterocycles. The number of carboxylic acid groups (broad SMARTS) is 1. The van der Waals surface area contributed by atoms with E-state index in [0.717, 1.165) is 32.1 Å². The van der Waals surface area contributed by atoms with Gasteiger partial charge in [0, 0.05) is 13.0 Å². The van der Waals surface area contributed by atoms with E-state index in [9.17, 15) is 24.3 Å². The molecule has 0 radical (unpaired) electrons. The minimum Gasteiger partial charge on any atom is -0.480 e. The number of alkyl carbamates (subject to hydrolysis) is 1. The van der Waals surface area contributed by atoms with Gasteiger partial charge in [0.25, 0.3) is 0 Å². The van der Waals surface area contributed by atoms with E-state index in [0.29, 0.717) is 25.8 Å². The quantitative estimate of drug-likeness (QED) is 0.0787. The minimum atomic E-state index is -1.13. The maximum absolute atomic E-state index is 12.1. The molecule has 4 N–H and O–H groups in total. The molecule has 1 unspecified atom stereocenters. The van der Waals surface area contributed by atoms with Crippen LogP contribution < -0.4 is 16.0 Å². The first-order valence-corrected chi connectivity index (χ1v) is 15.5. The number of ether oxygens (including phenoxy) is 1. The Morgan fingerprint density at radius 1 is 0.750 bits per heavy atom. The molecule has 0 heterocycles. The Bertz CT molecular complexity index is 733. The number of carbonyl (C=O) groups excluding carboxylic acids is 3. The van der Waals surface area contributed by atoms with Gasteiger partial charge in [0.15, 0.2) is 0 Å². The highest BCUT2D eigenvalue weighted by atomic mass is 16.6. The van der Waals surface area contributed by atoms with Crippen LogP contribution in [0.3, 0.4) is 0 Å². The standard InChI is InChI=1S/C31H57N3O6/c1-5-6-7-8-9-10-11-12-13-14-15-16-17-18-19-23-27(35)33-25-28(36)34-26(29(37)38)22-20-21-24-32-30(39)40-31(2,3)4/h12-13,26H,5-11,14-25H2,1-4H3,(H,32,39)(H,33,35)(H,34,36)(H,37,38)/b13-12-. The lowest BCUT2D eigenvalue weighted by Gasteiger charge is -2.19. The van der Waals surface area contributed by atoms with E-state index in [1.165, 1.54) is 51.4 Å². The molecule has 0 aliphatic carbocycles. The van der Waals surface area contributed by atoms with Crippen molar-refractivity contribution in [3.63, 3.8) is 0 Å². The summed E-state index contributed by atoms with van der Waals surface area (Å²) in [5.74, 6) is -1.86. The Morgan fingerprint density at radius 3 is 1.90 bits per heavy atom. The molecule has 9 heteroatoms. The van der Waals surface area contributed by atoms with Crippen molar-refractivity contribution in [2.75, 3.05) is 13.1 Å². The third-order valence-electron chi connectivity index (χ3n) is 6.33. The third kappa shape index (κ3) is 25.7. The van der Waals surface area contributed by atoms with Crippen molar-refractivity contribution in [1.29, 1.82) is 0 Å². The fourth-order valence-corrected chi connectivity index (χ4v) is 4.10. The first-order valence-electron chi connectivity index (χ1n) is 15.5. The van der Waals surface area contributed by atoms with Crippen molar-refractivity contribution in [3.8, 4) is 0 Å². The smallest absolute Gasteiger partial charge is 0.407 e. The monoisotopic (exact) mass is 567 g/mol. The van der Waals surface area contributed by atoms with Crippen LogP contribution in [0.15, 0.2) is 12.2 Å². The molecule has 40 heavy (non-hydrogen) atoms. The fourth-order valence-electron chi connectivity index (χ4n) is 4.10. The summed E-state index contributed by atoms with van der Waals surface area (Å²) in [6.45, 7) is 7.67. The molecule has 0 aromatic heterocycles. The zero-order valence-corrected chi connectivity index (χ0v) is 25.7. The van der Waals surface area contributed by atoms with Gasteiger partial charge in [-0.2, -0.15) is 0 Å². The fraction of sp³-hybridized carbons (Fsp3) is 0.806. The molecule has 9 nitrogen and oxygen atoms in total. The topological polar surface area (TPSA) is 134 Å². The molecule has 0 aromatic carbocycles. The average molecular weight is 568 g/mol. The Hall–Kier alpha value is -2.58. The van der Waals surface area contributed by atoms with Gasteiger partial charge in [-0.1, -0.05) is 70.4 Å². The van der Waals surface area contributed by atoms with Crippen LogP contribution in [0.1, 0.15) is 137 Å². The minimum absolute atomic E-state index is 0.201. The van der Waals surface area contributed by atoms with E-state index in [-0.39, 0.29) is 18.9 Å². The number of allylic oxidation sites excluding steroid dienone is 2. The highest BCUT2D eigenvalue weighted by Gasteiger charge is 2.20. The average Bonchev–Trinajstić information content (AvgIpc) is 2.87. The van der Waals surface area contributed by atoms with Crippen molar-refractivity contribution < 1.29 is 29.0 Å². The lowest BCUT2D eigenvalue weighted by molar-refractivity contribution is -0.142. The van der Waals surface area contributed by atoms with Crippen molar-refractivity contribution >= 4 is 23.9 Å². The Labute approximate surface area is 242 Å². The van der Waals surface area contributed by atoms with E-state index >= 15 is 0 Å². The number of nitrogens with one attached hydrogen (secondary N) is 3. The van der Waals surface area contributed by atoms with Crippen molar-refractivity contribution in [3.05, 3.63) is 12.2 Å². The molecule has 232 valence electrons. The Kier molecular flexibility index (Phi) is 22.7. The van der Waals surface area contributed by atoms with E-state index < -0.39 is 29.6 Å². The molecule has 0 spiro atoms.